The molecule has 0 aromatic heterocycles. The van der Waals surface area contributed by atoms with Crippen molar-refractivity contribution in [1.29, 1.82) is 0 Å². The number of rotatable bonds is 3. The molecule has 1 aliphatic rings. The molecule has 0 saturated carbocycles. The number of benzene rings is 1. The second-order valence-corrected chi connectivity index (χ2v) is 4.27. The van der Waals surface area contributed by atoms with Crippen molar-refractivity contribution in [3.63, 3.8) is 0 Å². The van der Waals surface area contributed by atoms with E-state index in [4.69, 9.17) is 4.74 Å². The highest BCUT2D eigenvalue weighted by molar-refractivity contribution is 6.00. The Balaban J connectivity index is 2.46. The predicted molar refractivity (Wildman–Crippen MR) is 58.5 cm³/mol. The Morgan fingerprint density at radius 3 is 2.65 bits per heavy atom. The number of hydrogen-bond acceptors (Lipinski definition) is 4. The van der Waals surface area contributed by atoms with Crippen LogP contribution in [0.25, 0.3) is 0 Å². The lowest BCUT2D eigenvalue weighted by Crippen LogP contribution is -2.59. The molecule has 1 aromatic rings. The number of carbonyl (C=O) groups excluding carboxylic acids is 1. The first-order chi connectivity index (χ1) is 9.21. The monoisotopic (exact) mass is 294 g/mol. The highest BCUT2D eigenvalue weighted by Gasteiger charge is 2.64. The van der Waals surface area contributed by atoms with Crippen molar-refractivity contribution in [3.8, 4) is 11.5 Å². The van der Waals surface area contributed by atoms with Crippen LogP contribution in [-0.4, -0.2) is 36.1 Å². The van der Waals surface area contributed by atoms with Gasteiger partial charge in [0, 0.05) is 6.07 Å². The number of methoxy groups -OCH3 is 1. The number of ketones is 1. The van der Waals surface area contributed by atoms with Gasteiger partial charge in [-0.15, -0.1) is 0 Å². The number of ether oxygens (including phenoxy) is 2. The second kappa shape index (κ2) is 4.62. The van der Waals surface area contributed by atoms with E-state index in [2.05, 4.69) is 4.74 Å². The van der Waals surface area contributed by atoms with E-state index >= 15 is 0 Å². The van der Waals surface area contributed by atoms with Crippen molar-refractivity contribution < 1.29 is 36.9 Å². The van der Waals surface area contributed by atoms with Crippen molar-refractivity contribution in [2.24, 2.45) is 0 Å². The molecule has 1 heterocycles. The fraction of sp³-hybridized carbons (Fsp3) is 0.417. The number of alkyl halides is 4. The third-order valence-electron chi connectivity index (χ3n) is 2.96. The minimum absolute atomic E-state index is 0.0828. The first-order valence-corrected chi connectivity index (χ1v) is 5.50. The first-order valence-electron chi connectivity index (χ1n) is 5.50. The predicted octanol–water partition coefficient (Wildman–Crippen LogP) is 2.25. The number of carbonyl (C=O) groups is 1. The van der Waals surface area contributed by atoms with E-state index in [1.807, 2.05) is 0 Å². The van der Waals surface area contributed by atoms with Crippen LogP contribution in [0, 0.1) is 0 Å². The van der Waals surface area contributed by atoms with Crippen molar-refractivity contribution in [2.75, 3.05) is 7.11 Å². The van der Waals surface area contributed by atoms with Crippen molar-refractivity contribution in [1.82, 2.24) is 0 Å². The van der Waals surface area contributed by atoms with Crippen molar-refractivity contribution in [2.45, 2.75) is 24.6 Å². The summed E-state index contributed by atoms with van der Waals surface area (Å²) in [6.45, 7) is 0. The molecule has 8 heteroatoms. The van der Waals surface area contributed by atoms with Crippen LogP contribution in [0.4, 0.5) is 17.6 Å². The summed E-state index contributed by atoms with van der Waals surface area (Å²) in [5, 5.41) is 9.64. The molecule has 0 amide bonds. The van der Waals surface area contributed by atoms with Crippen LogP contribution < -0.4 is 9.47 Å². The van der Waals surface area contributed by atoms with Gasteiger partial charge in [-0.25, -0.2) is 8.78 Å². The molecule has 0 aliphatic carbocycles. The van der Waals surface area contributed by atoms with Gasteiger partial charge in [-0.3, -0.25) is 4.79 Å². The van der Waals surface area contributed by atoms with Gasteiger partial charge in [-0.1, -0.05) is 0 Å². The number of Topliss-reactive ketones (excluding diaryl/α,β-unsaturated/α-hetero) is 1. The van der Waals surface area contributed by atoms with Crippen LogP contribution in [0.3, 0.4) is 0 Å². The van der Waals surface area contributed by atoms with E-state index in [-0.39, 0.29) is 11.3 Å². The minimum Gasteiger partial charge on any atom is -0.497 e. The van der Waals surface area contributed by atoms with E-state index in [9.17, 15) is 27.5 Å². The zero-order valence-corrected chi connectivity index (χ0v) is 10.2. The normalized spacial score (nSPS) is 22.4. The Kier molecular flexibility index (Phi) is 3.37. The topological polar surface area (TPSA) is 55.8 Å². The molecular weight excluding hydrogens is 284 g/mol. The van der Waals surface area contributed by atoms with E-state index in [0.29, 0.717) is 0 Å². The maximum Gasteiger partial charge on any atom is 0.371 e. The average Bonchev–Trinajstić information content (AvgIpc) is 2.37. The summed E-state index contributed by atoms with van der Waals surface area (Å²) in [5.41, 5.74) is -0.0828. The van der Waals surface area contributed by atoms with Gasteiger partial charge in [0.2, 0.25) is 0 Å². The second-order valence-electron chi connectivity index (χ2n) is 4.27. The lowest BCUT2D eigenvalue weighted by Gasteiger charge is -2.38. The largest absolute Gasteiger partial charge is 0.497 e. The Hall–Kier alpha value is -1.83. The summed E-state index contributed by atoms with van der Waals surface area (Å²) in [6, 6.07) is 3.70. The summed E-state index contributed by atoms with van der Waals surface area (Å²) < 4.78 is 60.8. The molecule has 1 N–H and O–H groups in total. The van der Waals surface area contributed by atoms with Gasteiger partial charge in [-0.05, 0) is 12.1 Å². The van der Waals surface area contributed by atoms with E-state index in [0.717, 1.165) is 6.07 Å². The summed E-state index contributed by atoms with van der Waals surface area (Å²) in [5.74, 6) is -9.65. The smallest absolute Gasteiger partial charge is 0.371 e. The third kappa shape index (κ3) is 2.09. The molecule has 20 heavy (non-hydrogen) atoms. The molecule has 0 spiro atoms. The highest BCUT2D eigenvalue weighted by Crippen LogP contribution is 2.44. The van der Waals surface area contributed by atoms with Crippen LogP contribution >= 0.6 is 0 Å². The molecule has 110 valence electrons. The third-order valence-corrected chi connectivity index (χ3v) is 2.96. The maximum atomic E-state index is 13.4. The number of fused-ring (bicyclic) bond motifs is 1. The van der Waals surface area contributed by atoms with Crippen molar-refractivity contribution >= 4 is 5.78 Å². The van der Waals surface area contributed by atoms with Gasteiger partial charge in [-0.2, -0.15) is 8.78 Å². The van der Waals surface area contributed by atoms with Gasteiger partial charge < -0.3 is 14.6 Å². The van der Waals surface area contributed by atoms with Gasteiger partial charge in [0.15, 0.2) is 5.78 Å². The highest BCUT2D eigenvalue weighted by atomic mass is 19.3. The molecule has 0 bridgehead atoms. The lowest BCUT2D eigenvalue weighted by atomic mass is 9.94. The lowest BCUT2D eigenvalue weighted by molar-refractivity contribution is -0.316. The Labute approximate surface area is 110 Å². The van der Waals surface area contributed by atoms with Gasteiger partial charge in [0.25, 0.3) is 5.79 Å². The molecular formula is C12H10F4O4. The fourth-order valence-electron chi connectivity index (χ4n) is 1.83. The molecule has 2 rings (SSSR count). The molecule has 1 aliphatic heterocycles. The molecule has 4 nitrogen and oxygen atoms in total. The quantitative estimate of drug-likeness (QED) is 0.869. The van der Waals surface area contributed by atoms with Crippen LogP contribution in [0.1, 0.15) is 16.8 Å². The summed E-state index contributed by atoms with van der Waals surface area (Å²) >= 11 is 0. The van der Waals surface area contributed by atoms with Gasteiger partial charge >= 0.3 is 12.3 Å². The first kappa shape index (κ1) is 14.6. The zero-order valence-electron chi connectivity index (χ0n) is 10.2. The van der Waals surface area contributed by atoms with E-state index in [1.165, 1.54) is 19.2 Å². The van der Waals surface area contributed by atoms with Crippen LogP contribution in [0.2, 0.25) is 0 Å². The standard InChI is InChI=1S/C12H10F4O4/c1-19-6-2-3-7-8(17)5-11(18,20-9(7)4-6)12(15,16)10(13)14/h2-4,10,18H,5H2,1H3/t11-/m1/s1. The van der Waals surface area contributed by atoms with E-state index < -0.39 is 36.1 Å². The van der Waals surface area contributed by atoms with E-state index in [1.54, 1.807) is 0 Å². The van der Waals surface area contributed by atoms with Gasteiger partial charge in [0.1, 0.15) is 11.5 Å². The molecule has 0 unspecified atom stereocenters. The zero-order chi connectivity index (χ0) is 15.1. The number of halogens is 4. The molecule has 1 aromatic carbocycles. The summed E-state index contributed by atoms with van der Waals surface area (Å²) in [6.07, 6.45) is -5.43. The average molecular weight is 294 g/mol. The van der Waals surface area contributed by atoms with Crippen LogP contribution in [0.15, 0.2) is 18.2 Å². The number of hydrogen-bond donors (Lipinski definition) is 1. The Morgan fingerprint density at radius 2 is 2.10 bits per heavy atom. The summed E-state index contributed by atoms with van der Waals surface area (Å²) in [7, 11) is 1.28. The Morgan fingerprint density at radius 1 is 1.45 bits per heavy atom. The summed E-state index contributed by atoms with van der Waals surface area (Å²) in [4.78, 5) is 11.7. The van der Waals surface area contributed by atoms with Crippen LogP contribution in [-0.2, 0) is 0 Å². The minimum atomic E-state index is -4.89. The molecule has 0 radical (unpaired) electrons. The maximum absolute atomic E-state index is 13.4. The van der Waals surface area contributed by atoms with Crippen molar-refractivity contribution in [3.05, 3.63) is 23.8 Å². The van der Waals surface area contributed by atoms with Gasteiger partial charge in [0.05, 0.1) is 19.1 Å². The van der Waals surface area contributed by atoms with Crippen LogP contribution in [0.5, 0.6) is 11.5 Å². The molecule has 0 saturated heterocycles. The number of aliphatic hydroxyl groups is 1. The SMILES string of the molecule is COc1ccc2c(c1)O[C@@](O)(C(F)(F)C(F)F)CC2=O. The molecule has 1 atom stereocenters. The Bertz CT molecular complexity index is 546. The fourth-order valence-corrected chi connectivity index (χ4v) is 1.83. The molecule has 0 fully saturated rings.